The van der Waals surface area contributed by atoms with Crippen molar-refractivity contribution in [3.8, 4) is 0 Å². The highest BCUT2D eigenvalue weighted by atomic mass is 35.5. The van der Waals surface area contributed by atoms with Crippen LogP contribution in [0.2, 0.25) is 5.02 Å². The van der Waals surface area contributed by atoms with Crippen molar-refractivity contribution in [2.24, 2.45) is 0 Å². The summed E-state index contributed by atoms with van der Waals surface area (Å²) in [6.45, 7) is 0. The number of carbonyl (C=O) groups excluding carboxylic acids is 1. The van der Waals surface area contributed by atoms with Crippen LogP contribution in [0, 0.1) is 10.1 Å². The van der Waals surface area contributed by atoms with Crippen molar-refractivity contribution in [2.75, 3.05) is 0 Å². The molecule has 2 aromatic carbocycles. The molecule has 0 atom stereocenters. The predicted octanol–water partition coefficient (Wildman–Crippen LogP) is 4.21. The zero-order valence-corrected chi connectivity index (χ0v) is 11.1. The number of hydrogen-bond donors (Lipinski definition) is 0. The maximum Gasteiger partial charge on any atom is 0.270 e. The van der Waals surface area contributed by atoms with Gasteiger partial charge in [-0.25, -0.2) is 0 Å². The Morgan fingerprint density at radius 1 is 1.16 bits per heavy atom. The Balaban J connectivity index is 2.32. The Hall–Kier alpha value is -1.85. The molecule has 0 aliphatic rings. The Kier molecular flexibility index (Phi) is 4.19. The molecule has 0 bridgehead atoms. The number of halogens is 1. The predicted molar refractivity (Wildman–Crippen MR) is 74.1 cm³/mol. The molecule has 0 radical (unpaired) electrons. The van der Waals surface area contributed by atoms with Crippen molar-refractivity contribution in [1.29, 1.82) is 0 Å². The molecular formula is C13H8ClNO3S. The third-order valence-electron chi connectivity index (χ3n) is 2.37. The van der Waals surface area contributed by atoms with E-state index in [9.17, 15) is 14.9 Å². The first kappa shape index (κ1) is 13.6. The number of carbonyl (C=O) groups is 1. The van der Waals surface area contributed by atoms with E-state index in [0.717, 1.165) is 4.90 Å². The lowest BCUT2D eigenvalue weighted by molar-refractivity contribution is -0.384. The molecule has 0 aliphatic carbocycles. The van der Waals surface area contributed by atoms with Crippen molar-refractivity contribution in [3.05, 3.63) is 63.2 Å². The Morgan fingerprint density at radius 2 is 1.84 bits per heavy atom. The van der Waals surface area contributed by atoms with Crippen LogP contribution in [0.5, 0.6) is 0 Å². The summed E-state index contributed by atoms with van der Waals surface area (Å²) in [6.07, 6.45) is 0.616. The van der Waals surface area contributed by atoms with Crippen molar-refractivity contribution >= 4 is 35.3 Å². The number of nitro groups is 1. The average Bonchev–Trinajstić information content (AvgIpc) is 2.41. The molecule has 0 heterocycles. The third-order valence-corrected chi connectivity index (χ3v) is 3.72. The van der Waals surface area contributed by atoms with Crippen LogP contribution in [-0.2, 0) is 0 Å². The van der Waals surface area contributed by atoms with Crippen LogP contribution in [-0.4, -0.2) is 11.2 Å². The molecule has 96 valence electrons. The topological polar surface area (TPSA) is 60.2 Å². The zero-order chi connectivity index (χ0) is 13.8. The number of nitrogens with zero attached hydrogens (tertiary/aromatic N) is 1. The normalized spacial score (nSPS) is 10.2. The Bertz CT molecular complexity index is 628. The quantitative estimate of drug-likeness (QED) is 0.481. The second-order valence-electron chi connectivity index (χ2n) is 3.65. The highest BCUT2D eigenvalue weighted by Gasteiger charge is 2.11. The van der Waals surface area contributed by atoms with Crippen LogP contribution < -0.4 is 0 Å². The first-order valence-electron chi connectivity index (χ1n) is 5.27. The second kappa shape index (κ2) is 5.86. The summed E-state index contributed by atoms with van der Waals surface area (Å²) < 4.78 is 0. The van der Waals surface area contributed by atoms with E-state index in [2.05, 4.69) is 0 Å². The standard InChI is InChI=1S/C13H8ClNO3S/c14-10-1-4-12(5-2-10)19-13-6-3-11(15(17)18)7-9(13)8-16/h1-8H. The fraction of sp³-hybridized carbons (Fsp3) is 0. The van der Waals surface area contributed by atoms with Gasteiger partial charge in [-0.15, -0.1) is 0 Å². The molecule has 2 rings (SSSR count). The summed E-state index contributed by atoms with van der Waals surface area (Å²) in [5.74, 6) is 0. The minimum Gasteiger partial charge on any atom is -0.298 e. The van der Waals surface area contributed by atoms with Gasteiger partial charge < -0.3 is 0 Å². The van der Waals surface area contributed by atoms with E-state index in [1.54, 1.807) is 18.2 Å². The number of non-ortho nitro benzene ring substituents is 1. The van der Waals surface area contributed by atoms with E-state index in [1.165, 1.54) is 23.9 Å². The molecule has 4 nitrogen and oxygen atoms in total. The van der Waals surface area contributed by atoms with Crippen LogP contribution >= 0.6 is 23.4 Å². The molecule has 0 aromatic heterocycles. The van der Waals surface area contributed by atoms with E-state index < -0.39 is 4.92 Å². The smallest absolute Gasteiger partial charge is 0.270 e. The van der Waals surface area contributed by atoms with Gasteiger partial charge >= 0.3 is 0 Å². The highest BCUT2D eigenvalue weighted by molar-refractivity contribution is 7.99. The van der Waals surface area contributed by atoms with E-state index in [0.29, 0.717) is 21.8 Å². The van der Waals surface area contributed by atoms with Crippen LogP contribution in [0.3, 0.4) is 0 Å². The van der Waals surface area contributed by atoms with Crippen molar-refractivity contribution in [1.82, 2.24) is 0 Å². The molecule has 0 aliphatic heterocycles. The molecule has 0 unspecified atom stereocenters. The highest BCUT2D eigenvalue weighted by Crippen LogP contribution is 2.32. The molecule has 0 saturated heterocycles. The molecule has 6 heteroatoms. The molecular weight excluding hydrogens is 286 g/mol. The molecule has 2 aromatic rings. The minimum absolute atomic E-state index is 0.0949. The first-order valence-corrected chi connectivity index (χ1v) is 6.46. The van der Waals surface area contributed by atoms with Gasteiger partial charge in [-0.2, -0.15) is 0 Å². The summed E-state index contributed by atoms with van der Waals surface area (Å²) >= 11 is 7.14. The number of hydrogen-bond acceptors (Lipinski definition) is 4. The Morgan fingerprint density at radius 3 is 2.42 bits per heavy atom. The maximum absolute atomic E-state index is 11.0. The summed E-state index contributed by atoms with van der Waals surface area (Å²) in [7, 11) is 0. The van der Waals surface area contributed by atoms with Gasteiger partial charge in [0, 0.05) is 32.5 Å². The summed E-state index contributed by atoms with van der Waals surface area (Å²) in [6, 6.07) is 11.4. The van der Waals surface area contributed by atoms with E-state index in [1.807, 2.05) is 12.1 Å². The van der Waals surface area contributed by atoms with Crippen LogP contribution in [0.4, 0.5) is 5.69 Å². The lowest BCUT2D eigenvalue weighted by Gasteiger charge is -2.04. The van der Waals surface area contributed by atoms with Gasteiger partial charge in [-0.1, -0.05) is 23.4 Å². The Labute approximate surface area is 118 Å². The molecule has 0 N–H and O–H groups in total. The summed E-state index contributed by atoms with van der Waals surface area (Å²) in [5, 5.41) is 11.3. The fourth-order valence-corrected chi connectivity index (χ4v) is 2.48. The lowest BCUT2D eigenvalue weighted by Crippen LogP contribution is -1.91. The SMILES string of the molecule is O=Cc1cc([N+](=O)[O-])ccc1Sc1ccc(Cl)cc1. The van der Waals surface area contributed by atoms with Crippen molar-refractivity contribution in [3.63, 3.8) is 0 Å². The number of aldehydes is 1. The number of nitro benzene ring substituents is 1. The maximum atomic E-state index is 11.0. The van der Waals surface area contributed by atoms with Gasteiger partial charge in [0.15, 0.2) is 6.29 Å². The van der Waals surface area contributed by atoms with Gasteiger partial charge in [0.2, 0.25) is 0 Å². The lowest BCUT2D eigenvalue weighted by atomic mass is 10.2. The molecule has 0 spiro atoms. The van der Waals surface area contributed by atoms with Gasteiger partial charge in [-0.3, -0.25) is 14.9 Å². The van der Waals surface area contributed by atoms with Crippen LogP contribution in [0.1, 0.15) is 10.4 Å². The second-order valence-corrected chi connectivity index (χ2v) is 5.20. The number of benzene rings is 2. The van der Waals surface area contributed by atoms with E-state index >= 15 is 0 Å². The van der Waals surface area contributed by atoms with Crippen LogP contribution in [0.15, 0.2) is 52.3 Å². The molecule has 0 fully saturated rings. The summed E-state index contributed by atoms with van der Waals surface area (Å²) in [4.78, 5) is 22.7. The van der Waals surface area contributed by atoms with Crippen molar-refractivity contribution < 1.29 is 9.72 Å². The summed E-state index contributed by atoms with van der Waals surface area (Å²) in [5.41, 5.74) is 0.205. The van der Waals surface area contributed by atoms with Gasteiger partial charge in [0.25, 0.3) is 5.69 Å². The van der Waals surface area contributed by atoms with Crippen molar-refractivity contribution in [2.45, 2.75) is 9.79 Å². The van der Waals surface area contributed by atoms with Gasteiger partial charge in [0.1, 0.15) is 0 Å². The first-order chi connectivity index (χ1) is 9.10. The van der Waals surface area contributed by atoms with Gasteiger partial charge in [0.05, 0.1) is 4.92 Å². The minimum atomic E-state index is -0.524. The van der Waals surface area contributed by atoms with Gasteiger partial charge in [-0.05, 0) is 30.3 Å². The molecule has 0 amide bonds. The zero-order valence-electron chi connectivity index (χ0n) is 9.58. The van der Waals surface area contributed by atoms with E-state index in [4.69, 9.17) is 11.6 Å². The fourth-order valence-electron chi connectivity index (χ4n) is 1.46. The van der Waals surface area contributed by atoms with Crippen LogP contribution in [0.25, 0.3) is 0 Å². The largest absolute Gasteiger partial charge is 0.298 e. The monoisotopic (exact) mass is 293 g/mol. The molecule has 19 heavy (non-hydrogen) atoms. The third kappa shape index (κ3) is 3.33. The number of rotatable bonds is 4. The average molecular weight is 294 g/mol. The molecule has 0 saturated carbocycles. The van der Waals surface area contributed by atoms with E-state index in [-0.39, 0.29) is 5.69 Å².